The second-order valence-corrected chi connectivity index (χ2v) is 3.73. The first kappa shape index (κ1) is 12.5. The Balaban J connectivity index is 0.00000112. The first-order chi connectivity index (χ1) is 6.77. The number of morpholine rings is 1. The fourth-order valence-corrected chi connectivity index (χ4v) is 1.91. The SMILES string of the molecule is O=C([O-])c1nnc(N2CCOCC2)s1.[Li+]. The average molecular weight is 221 g/mol. The Kier molecular flexibility index (Phi) is 4.54. The minimum absolute atomic E-state index is 0. The van der Waals surface area contributed by atoms with Gasteiger partial charge in [-0.3, -0.25) is 0 Å². The number of rotatable bonds is 2. The van der Waals surface area contributed by atoms with Crippen molar-refractivity contribution in [2.45, 2.75) is 0 Å². The van der Waals surface area contributed by atoms with E-state index in [0.717, 1.165) is 24.4 Å². The third kappa shape index (κ3) is 2.92. The molecule has 1 fully saturated rings. The van der Waals surface area contributed by atoms with Crippen LogP contribution in [0.5, 0.6) is 0 Å². The number of carbonyl (C=O) groups is 1. The van der Waals surface area contributed by atoms with Crippen molar-refractivity contribution in [1.29, 1.82) is 0 Å². The molecule has 0 aromatic carbocycles. The maximum absolute atomic E-state index is 10.5. The van der Waals surface area contributed by atoms with Crippen molar-refractivity contribution in [3.05, 3.63) is 5.01 Å². The van der Waals surface area contributed by atoms with Crippen molar-refractivity contribution < 1.29 is 33.5 Å². The van der Waals surface area contributed by atoms with Gasteiger partial charge in [0.05, 0.1) is 13.2 Å². The molecule has 0 aliphatic carbocycles. The van der Waals surface area contributed by atoms with Gasteiger partial charge in [-0.05, 0) is 0 Å². The van der Waals surface area contributed by atoms with E-state index in [1.54, 1.807) is 0 Å². The number of aromatic nitrogens is 2. The van der Waals surface area contributed by atoms with Gasteiger partial charge >= 0.3 is 18.9 Å². The van der Waals surface area contributed by atoms with Crippen LogP contribution < -0.4 is 28.9 Å². The average Bonchev–Trinajstić information content (AvgIpc) is 2.68. The summed E-state index contributed by atoms with van der Waals surface area (Å²) >= 11 is 1.03. The summed E-state index contributed by atoms with van der Waals surface area (Å²) < 4.78 is 5.16. The van der Waals surface area contributed by atoms with Gasteiger partial charge in [0.25, 0.3) is 0 Å². The van der Waals surface area contributed by atoms with Crippen LogP contribution >= 0.6 is 11.3 Å². The summed E-state index contributed by atoms with van der Waals surface area (Å²) in [4.78, 5) is 12.4. The van der Waals surface area contributed by atoms with Crippen molar-refractivity contribution in [2.75, 3.05) is 31.2 Å². The van der Waals surface area contributed by atoms with Gasteiger partial charge in [0.1, 0.15) is 5.97 Å². The van der Waals surface area contributed by atoms with Gasteiger partial charge < -0.3 is 19.5 Å². The largest absolute Gasteiger partial charge is 1.00 e. The third-order valence-electron chi connectivity index (χ3n) is 1.87. The molecule has 76 valence electrons. The molecule has 8 heteroatoms. The molecule has 6 nitrogen and oxygen atoms in total. The monoisotopic (exact) mass is 221 g/mol. The summed E-state index contributed by atoms with van der Waals surface area (Å²) in [7, 11) is 0. The van der Waals surface area contributed by atoms with Gasteiger partial charge in [0.2, 0.25) is 5.13 Å². The molecule has 0 radical (unpaired) electrons. The number of carboxylic acids is 1. The van der Waals surface area contributed by atoms with Crippen molar-refractivity contribution >= 4 is 22.4 Å². The van der Waals surface area contributed by atoms with Gasteiger partial charge in [0.15, 0.2) is 5.01 Å². The van der Waals surface area contributed by atoms with Crippen LogP contribution in [0.4, 0.5) is 5.13 Å². The van der Waals surface area contributed by atoms with E-state index in [0.29, 0.717) is 18.3 Å². The second-order valence-electron chi connectivity index (χ2n) is 2.78. The Morgan fingerprint density at radius 1 is 1.40 bits per heavy atom. The normalized spacial score (nSPS) is 15.9. The van der Waals surface area contributed by atoms with E-state index in [1.165, 1.54) is 0 Å². The Morgan fingerprint density at radius 2 is 2.07 bits per heavy atom. The quantitative estimate of drug-likeness (QED) is 0.471. The zero-order valence-corrected chi connectivity index (χ0v) is 9.12. The minimum Gasteiger partial charge on any atom is -0.542 e. The predicted molar refractivity (Wildman–Crippen MR) is 47.3 cm³/mol. The number of hydrogen-bond acceptors (Lipinski definition) is 7. The maximum atomic E-state index is 10.5. The Labute approximate surface area is 102 Å². The van der Waals surface area contributed by atoms with E-state index in [4.69, 9.17) is 4.74 Å². The van der Waals surface area contributed by atoms with Gasteiger partial charge in [-0.2, -0.15) is 0 Å². The van der Waals surface area contributed by atoms with E-state index in [2.05, 4.69) is 10.2 Å². The third-order valence-corrected chi connectivity index (χ3v) is 2.83. The summed E-state index contributed by atoms with van der Waals surface area (Å²) in [6, 6.07) is 0. The molecule has 2 rings (SSSR count). The Hall–Kier alpha value is -0.613. The maximum Gasteiger partial charge on any atom is 1.00 e. The molecule has 1 aliphatic heterocycles. The number of carbonyl (C=O) groups excluding carboxylic acids is 1. The molecular formula is C7H8LiN3O3S. The van der Waals surface area contributed by atoms with Crippen LogP contribution in [0, 0.1) is 0 Å². The zero-order valence-electron chi connectivity index (χ0n) is 8.30. The molecule has 0 unspecified atom stereocenters. The van der Waals surface area contributed by atoms with Crippen LogP contribution in [-0.4, -0.2) is 42.5 Å². The molecule has 0 saturated carbocycles. The van der Waals surface area contributed by atoms with E-state index in [1.807, 2.05) is 4.90 Å². The molecule has 0 atom stereocenters. The van der Waals surface area contributed by atoms with Gasteiger partial charge in [-0.25, -0.2) is 0 Å². The molecule has 15 heavy (non-hydrogen) atoms. The number of hydrogen-bond donors (Lipinski definition) is 0. The van der Waals surface area contributed by atoms with Crippen LogP contribution in [0.25, 0.3) is 0 Å². The fraction of sp³-hybridized carbons (Fsp3) is 0.571. The molecular weight excluding hydrogens is 213 g/mol. The van der Waals surface area contributed by atoms with Crippen molar-refractivity contribution in [1.82, 2.24) is 10.2 Å². The molecule has 0 spiro atoms. The molecule has 1 aromatic heterocycles. The fourth-order valence-electron chi connectivity index (χ4n) is 1.18. The van der Waals surface area contributed by atoms with Crippen LogP contribution in [-0.2, 0) is 4.74 Å². The zero-order chi connectivity index (χ0) is 9.97. The standard InChI is InChI=1S/C7H9N3O3S.Li/c11-6(12)5-8-9-7(14-5)10-1-3-13-4-2-10;/h1-4H2,(H,11,12);/q;+1/p-1. The van der Waals surface area contributed by atoms with Gasteiger partial charge in [-0.15, -0.1) is 10.2 Å². The first-order valence-electron chi connectivity index (χ1n) is 4.15. The molecule has 2 heterocycles. The van der Waals surface area contributed by atoms with E-state index in [-0.39, 0.29) is 23.9 Å². The number of nitrogens with zero attached hydrogens (tertiary/aromatic N) is 3. The van der Waals surface area contributed by atoms with Crippen molar-refractivity contribution in [2.24, 2.45) is 0 Å². The second kappa shape index (κ2) is 5.47. The van der Waals surface area contributed by atoms with E-state index >= 15 is 0 Å². The minimum atomic E-state index is -1.28. The summed E-state index contributed by atoms with van der Waals surface area (Å²) in [5.41, 5.74) is 0. The first-order valence-corrected chi connectivity index (χ1v) is 4.96. The number of aromatic carboxylic acids is 1. The van der Waals surface area contributed by atoms with Crippen molar-refractivity contribution in [3.63, 3.8) is 0 Å². The molecule has 1 saturated heterocycles. The van der Waals surface area contributed by atoms with Crippen molar-refractivity contribution in [3.8, 4) is 0 Å². The van der Waals surface area contributed by atoms with Gasteiger partial charge in [0, 0.05) is 13.1 Å². The summed E-state index contributed by atoms with van der Waals surface area (Å²) in [5, 5.41) is 18.3. The number of carboxylic acid groups (broad SMARTS) is 1. The summed E-state index contributed by atoms with van der Waals surface area (Å²) in [6.07, 6.45) is 0. The number of ether oxygens (including phenoxy) is 1. The predicted octanol–water partition coefficient (Wildman–Crippen LogP) is -4.26. The number of anilines is 1. The summed E-state index contributed by atoms with van der Waals surface area (Å²) in [6.45, 7) is 2.73. The molecule has 1 aliphatic rings. The Morgan fingerprint density at radius 3 is 2.60 bits per heavy atom. The van der Waals surface area contributed by atoms with E-state index in [9.17, 15) is 9.90 Å². The van der Waals surface area contributed by atoms with Crippen LogP contribution in [0.1, 0.15) is 9.80 Å². The Bertz CT molecular complexity index is 340. The van der Waals surface area contributed by atoms with Crippen LogP contribution in [0.3, 0.4) is 0 Å². The smallest absolute Gasteiger partial charge is 0.542 e. The molecule has 0 amide bonds. The summed E-state index contributed by atoms with van der Waals surface area (Å²) in [5.74, 6) is -1.28. The topological polar surface area (TPSA) is 78.4 Å². The molecule has 1 aromatic rings. The molecule has 0 bridgehead atoms. The van der Waals surface area contributed by atoms with Crippen LogP contribution in [0.2, 0.25) is 0 Å². The molecule has 0 N–H and O–H groups in total. The van der Waals surface area contributed by atoms with Gasteiger partial charge in [-0.1, -0.05) is 11.3 Å². The van der Waals surface area contributed by atoms with E-state index < -0.39 is 5.97 Å². The van der Waals surface area contributed by atoms with Crippen LogP contribution in [0.15, 0.2) is 0 Å².